The molecule has 0 saturated heterocycles. The summed E-state index contributed by atoms with van der Waals surface area (Å²) in [5.74, 6) is -1.08. The van der Waals surface area contributed by atoms with Gasteiger partial charge in [0.2, 0.25) is 5.91 Å². The fourth-order valence-electron chi connectivity index (χ4n) is 4.42. The van der Waals surface area contributed by atoms with E-state index in [2.05, 4.69) is 10.3 Å². The van der Waals surface area contributed by atoms with E-state index >= 15 is 0 Å². The summed E-state index contributed by atoms with van der Waals surface area (Å²) in [6, 6.07) is 10.9. The molecule has 1 unspecified atom stereocenters. The van der Waals surface area contributed by atoms with Gasteiger partial charge in [-0.3, -0.25) is 14.5 Å². The van der Waals surface area contributed by atoms with E-state index in [0.717, 1.165) is 17.2 Å². The molecule has 4 N–H and O–H groups in total. The van der Waals surface area contributed by atoms with Crippen molar-refractivity contribution in [1.29, 1.82) is 0 Å². The molecule has 8 heteroatoms. The number of amides is 2. The Morgan fingerprint density at radius 1 is 1.33 bits per heavy atom. The monoisotopic (exact) mass is 452 g/mol. The van der Waals surface area contributed by atoms with E-state index in [-0.39, 0.29) is 36.3 Å². The van der Waals surface area contributed by atoms with E-state index in [9.17, 15) is 19.1 Å². The highest BCUT2D eigenvalue weighted by atomic mass is 19.1. The number of nitrogens with zero attached hydrogens (tertiary/aromatic N) is 2. The third kappa shape index (κ3) is 4.48. The fourth-order valence-corrected chi connectivity index (χ4v) is 4.42. The average molecular weight is 453 g/mol. The smallest absolute Gasteiger partial charge is 0.251 e. The highest BCUT2D eigenvalue weighted by Gasteiger charge is 2.38. The molecule has 0 bridgehead atoms. The standard InChI is InChI=1S/C25H29FN4O3/c1-14(2)25(3)12-21(32)30(24(27)29-25)13-15-8-17(10-18(26)9-15)23(33)28-22-19-7-5-4-6-16(19)11-20(22)31/h4-10,14,20,22,31H,11-13H2,1-3H3,(H2,27,29)(H,28,33)/t20-,22?,25+/m1/s1. The van der Waals surface area contributed by atoms with Crippen molar-refractivity contribution in [2.75, 3.05) is 0 Å². The van der Waals surface area contributed by atoms with Crippen LogP contribution in [0.4, 0.5) is 4.39 Å². The lowest BCUT2D eigenvalue weighted by Crippen LogP contribution is -2.51. The van der Waals surface area contributed by atoms with Gasteiger partial charge in [0, 0.05) is 12.0 Å². The Morgan fingerprint density at radius 2 is 2.06 bits per heavy atom. The molecule has 1 aliphatic heterocycles. The number of aliphatic hydroxyl groups is 1. The first-order valence-corrected chi connectivity index (χ1v) is 11.1. The number of nitrogens with one attached hydrogen (secondary N) is 1. The number of carbonyl (C=O) groups is 2. The Morgan fingerprint density at radius 3 is 2.76 bits per heavy atom. The average Bonchev–Trinajstić information content (AvgIpc) is 3.05. The molecule has 3 atom stereocenters. The highest BCUT2D eigenvalue weighted by molar-refractivity contribution is 5.99. The van der Waals surface area contributed by atoms with Crippen LogP contribution in [0.2, 0.25) is 0 Å². The Kier molecular flexibility index (Phi) is 5.97. The maximum absolute atomic E-state index is 14.4. The van der Waals surface area contributed by atoms with E-state index in [4.69, 9.17) is 5.73 Å². The molecule has 4 rings (SSSR count). The molecular weight excluding hydrogens is 423 g/mol. The molecule has 1 aliphatic carbocycles. The number of nitrogens with two attached hydrogens (primary N) is 1. The van der Waals surface area contributed by atoms with Gasteiger partial charge in [0.15, 0.2) is 5.96 Å². The van der Waals surface area contributed by atoms with Gasteiger partial charge in [-0.2, -0.15) is 0 Å². The van der Waals surface area contributed by atoms with Crippen LogP contribution in [0.3, 0.4) is 0 Å². The molecule has 0 radical (unpaired) electrons. The minimum atomic E-state index is -0.753. The van der Waals surface area contributed by atoms with Crippen molar-refractivity contribution < 1.29 is 19.1 Å². The van der Waals surface area contributed by atoms with Crippen molar-refractivity contribution in [1.82, 2.24) is 10.2 Å². The zero-order chi connectivity index (χ0) is 23.9. The van der Waals surface area contributed by atoms with Gasteiger partial charge in [0.05, 0.1) is 30.7 Å². The van der Waals surface area contributed by atoms with E-state index in [1.54, 1.807) is 0 Å². The van der Waals surface area contributed by atoms with Crippen molar-refractivity contribution >= 4 is 17.8 Å². The summed E-state index contributed by atoms with van der Waals surface area (Å²) in [5, 5.41) is 13.2. The van der Waals surface area contributed by atoms with Crippen LogP contribution in [0.25, 0.3) is 0 Å². The second-order valence-electron chi connectivity index (χ2n) is 9.41. The third-order valence-corrected chi connectivity index (χ3v) is 6.75. The van der Waals surface area contributed by atoms with Gasteiger partial charge in [0.25, 0.3) is 5.91 Å². The van der Waals surface area contributed by atoms with Crippen LogP contribution in [0.1, 0.15) is 60.3 Å². The summed E-state index contributed by atoms with van der Waals surface area (Å²) in [6.07, 6.45) is -0.107. The van der Waals surface area contributed by atoms with Gasteiger partial charge in [-0.1, -0.05) is 38.1 Å². The highest BCUT2D eigenvalue weighted by Crippen LogP contribution is 2.32. The van der Waals surface area contributed by atoms with Gasteiger partial charge >= 0.3 is 0 Å². The summed E-state index contributed by atoms with van der Waals surface area (Å²) in [5.41, 5.74) is 7.87. The Bertz CT molecular complexity index is 1130. The van der Waals surface area contributed by atoms with Gasteiger partial charge in [0.1, 0.15) is 5.82 Å². The molecule has 1 heterocycles. The lowest BCUT2D eigenvalue weighted by atomic mass is 9.84. The quantitative estimate of drug-likeness (QED) is 0.648. The second kappa shape index (κ2) is 8.59. The molecule has 0 fully saturated rings. The first-order valence-electron chi connectivity index (χ1n) is 11.1. The largest absolute Gasteiger partial charge is 0.390 e. The van der Waals surface area contributed by atoms with Crippen molar-refractivity contribution in [2.24, 2.45) is 16.6 Å². The number of rotatable bonds is 5. The zero-order valence-electron chi connectivity index (χ0n) is 19.0. The number of hydrogen-bond donors (Lipinski definition) is 3. The number of benzene rings is 2. The predicted molar refractivity (Wildman–Crippen MR) is 123 cm³/mol. The fraction of sp³-hybridized carbons (Fsp3) is 0.400. The maximum Gasteiger partial charge on any atom is 0.251 e. The van der Waals surface area contributed by atoms with E-state index in [0.29, 0.717) is 12.0 Å². The van der Waals surface area contributed by atoms with Crippen LogP contribution in [-0.2, 0) is 17.8 Å². The summed E-state index contributed by atoms with van der Waals surface area (Å²) >= 11 is 0. The molecule has 7 nitrogen and oxygen atoms in total. The SMILES string of the molecule is CC(C)[C@]1(C)CC(=O)N(Cc2cc(F)cc(C(=O)NC3c4ccccc4C[C@H]3O)c2)C(N)=N1. The number of hydrogen-bond acceptors (Lipinski definition) is 5. The van der Waals surface area contributed by atoms with E-state index in [1.165, 1.54) is 17.0 Å². The second-order valence-corrected chi connectivity index (χ2v) is 9.41. The number of aliphatic imine (C=N–C) groups is 1. The first kappa shape index (κ1) is 22.9. The minimum absolute atomic E-state index is 0.00920. The summed E-state index contributed by atoms with van der Waals surface area (Å²) in [4.78, 5) is 31.5. The molecule has 0 saturated carbocycles. The van der Waals surface area contributed by atoms with Crippen molar-refractivity contribution in [3.8, 4) is 0 Å². The van der Waals surface area contributed by atoms with E-state index in [1.807, 2.05) is 45.0 Å². The van der Waals surface area contributed by atoms with Gasteiger partial charge in [-0.25, -0.2) is 9.38 Å². The van der Waals surface area contributed by atoms with Crippen molar-refractivity contribution in [3.63, 3.8) is 0 Å². The lowest BCUT2D eigenvalue weighted by Gasteiger charge is -2.37. The zero-order valence-corrected chi connectivity index (χ0v) is 19.0. The minimum Gasteiger partial charge on any atom is -0.390 e. The number of carbonyl (C=O) groups excluding carboxylic acids is 2. The molecule has 0 spiro atoms. The molecule has 2 aromatic carbocycles. The van der Waals surface area contributed by atoms with Crippen LogP contribution in [-0.4, -0.2) is 39.4 Å². The molecule has 2 aromatic rings. The molecular formula is C25H29FN4O3. The predicted octanol–water partition coefficient (Wildman–Crippen LogP) is 2.68. The van der Waals surface area contributed by atoms with Crippen LogP contribution in [0.5, 0.6) is 0 Å². The van der Waals surface area contributed by atoms with Crippen LogP contribution >= 0.6 is 0 Å². The molecule has 174 valence electrons. The van der Waals surface area contributed by atoms with Crippen LogP contribution < -0.4 is 11.1 Å². The van der Waals surface area contributed by atoms with Crippen molar-refractivity contribution in [3.05, 3.63) is 70.5 Å². The van der Waals surface area contributed by atoms with Crippen LogP contribution in [0, 0.1) is 11.7 Å². The Labute approximate surface area is 192 Å². The van der Waals surface area contributed by atoms with E-state index < -0.39 is 29.4 Å². The lowest BCUT2D eigenvalue weighted by molar-refractivity contribution is -0.130. The number of fused-ring (bicyclic) bond motifs is 1. The topological polar surface area (TPSA) is 108 Å². The molecule has 2 amide bonds. The normalized spacial score (nSPS) is 24.6. The molecule has 0 aromatic heterocycles. The van der Waals surface area contributed by atoms with Gasteiger partial charge < -0.3 is 16.2 Å². The van der Waals surface area contributed by atoms with Crippen LogP contribution in [0.15, 0.2) is 47.5 Å². The Balaban J connectivity index is 1.54. The summed E-state index contributed by atoms with van der Waals surface area (Å²) < 4.78 is 14.4. The number of aliphatic hydroxyl groups excluding tert-OH is 1. The molecule has 33 heavy (non-hydrogen) atoms. The summed E-state index contributed by atoms with van der Waals surface area (Å²) in [6.45, 7) is 5.86. The number of halogens is 1. The third-order valence-electron chi connectivity index (χ3n) is 6.75. The Hall–Kier alpha value is -3.26. The summed E-state index contributed by atoms with van der Waals surface area (Å²) in [7, 11) is 0. The molecule has 2 aliphatic rings. The maximum atomic E-state index is 14.4. The number of guanidine groups is 1. The van der Waals surface area contributed by atoms with Gasteiger partial charge in [-0.05, 0) is 47.7 Å². The van der Waals surface area contributed by atoms with Gasteiger partial charge in [-0.15, -0.1) is 0 Å². The van der Waals surface area contributed by atoms with Crippen molar-refractivity contribution in [2.45, 2.75) is 57.8 Å². The first-order chi connectivity index (χ1) is 15.6.